The topological polar surface area (TPSA) is 71.3 Å². The molecule has 2 amide bonds. The van der Waals surface area contributed by atoms with Crippen molar-refractivity contribution in [2.75, 3.05) is 18.4 Å². The highest BCUT2D eigenvalue weighted by Crippen LogP contribution is 2.29. The fourth-order valence-corrected chi connectivity index (χ4v) is 3.58. The molecule has 1 saturated heterocycles. The van der Waals surface area contributed by atoms with Gasteiger partial charge in [-0.3, -0.25) is 0 Å². The van der Waals surface area contributed by atoms with Crippen LogP contribution >= 0.6 is 15.9 Å². The molecule has 0 aliphatic carbocycles. The van der Waals surface area contributed by atoms with E-state index >= 15 is 0 Å². The summed E-state index contributed by atoms with van der Waals surface area (Å²) in [4.78, 5) is 18.9. The standard InChI is InChI=1S/C20H19BrN4O2/c21-16-8-4-5-9-17(16)22-20(26)25-12-10-15(11-13-25)19-23-18(24-27-19)14-6-2-1-3-7-14/h1-9,15H,10-13H2,(H,22,26). The van der Waals surface area contributed by atoms with E-state index in [0.29, 0.717) is 24.8 Å². The van der Waals surface area contributed by atoms with E-state index in [1.165, 1.54) is 0 Å². The van der Waals surface area contributed by atoms with Crippen molar-refractivity contribution in [3.05, 3.63) is 65.0 Å². The number of rotatable bonds is 3. The fraction of sp³-hybridized carbons (Fsp3) is 0.250. The van der Waals surface area contributed by atoms with Crippen molar-refractivity contribution in [1.29, 1.82) is 0 Å². The monoisotopic (exact) mass is 426 g/mol. The number of benzene rings is 2. The number of urea groups is 1. The third-order valence-electron chi connectivity index (χ3n) is 4.72. The molecule has 2 heterocycles. The van der Waals surface area contributed by atoms with Gasteiger partial charge in [0.25, 0.3) is 0 Å². The third kappa shape index (κ3) is 4.03. The summed E-state index contributed by atoms with van der Waals surface area (Å²) >= 11 is 3.45. The summed E-state index contributed by atoms with van der Waals surface area (Å²) in [5, 5.41) is 7.05. The maximum atomic E-state index is 12.5. The Morgan fingerprint density at radius 2 is 1.78 bits per heavy atom. The van der Waals surface area contributed by atoms with Crippen LogP contribution in [0, 0.1) is 0 Å². The van der Waals surface area contributed by atoms with Gasteiger partial charge in [-0.15, -0.1) is 0 Å². The van der Waals surface area contributed by atoms with Gasteiger partial charge in [-0.2, -0.15) is 4.98 Å². The van der Waals surface area contributed by atoms with Gasteiger partial charge in [0.2, 0.25) is 11.7 Å². The second kappa shape index (κ2) is 7.92. The number of carbonyl (C=O) groups excluding carboxylic acids is 1. The molecule has 1 aromatic heterocycles. The van der Waals surface area contributed by atoms with Crippen LogP contribution in [-0.2, 0) is 0 Å². The van der Waals surface area contributed by atoms with E-state index < -0.39 is 0 Å². The van der Waals surface area contributed by atoms with Gasteiger partial charge in [0.1, 0.15) is 0 Å². The lowest BCUT2D eigenvalue weighted by molar-refractivity contribution is 0.187. The first-order chi connectivity index (χ1) is 13.2. The Bertz CT molecular complexity index is 920. The molecule has 138 valence electrons. The molecule has 4 rings (SSSR count). The Labute approximate surface area is 165 Å². The van der Waals surface area contributed by atoms with Crippen LogP contribution in [-0.4, -0.2) is 34.2 Å². The number of hydrogen-bond donors (Lipinski definition) is 1. The molecule has 0 unspecified atom stereocenters. The number of likely N-dealkylation sites (tertiary alicyclic amines) is 1. The number of nitrogens with one attached hydrogen (secondary N) is 1. The summed E-state index contributed by atoms with van der Waals surface area (Å²) in [7, 11) is 0. The molecule has 3 aromatic rings. The van der Waals surface area contributed by atoms with Crippen molar-refractivity contribution < 1.29 is 9.32 Å². The second-order valence-corrected chi connectivity index (χ2v) is 7.35. The zero-order valence-corrected chi connectivity index (χ0v) is 16.2. The molecule has 2 aromatic carbocycles. The van der Waals surface area contributed by atoms with Crippen molar-refractivity contribution in [3.8, 4) is 11.4 Å². The lowest BCUT2D eigenvalue weighted by Crippen LogP contribution is -2.40. The summed E-state index contributed by atoms with van der Waals surface area (Å²) in [6.07, 6.45) is 1.61. The predicted molar refractivity (Wildman–Crippen MR) is 106 cm³/mol. The van der Waals surface area contributed by atoms with Crippen molar-refractivity contribution >= 4 is 27.6 Å². The number of halogens is 1. The van der Waals surface area contributed by atoms with Gasteiger partial charge < -0.3 is 14.7 Å². The first kappa shape index (κ1) is 17.7. The number of aromatic nitrogens is 2. The molecule has 0 radical (unpaired) electrons. The Hall–Kier alpha value is -2.67. The molecule has 1 aliphatic rings. The molecule has 0 spiro atoms. The number of piperidine rings is 1. The van der Waals surface area contributed by atoms with Gasteiger partial charge in [0.05, 0.1) is 5.69 Å². The Morgan fingerprint density at radius 1 is 1.07 bits per heavy atom. The van der Waals surface area contributed by atoms with Gasteiger partial charge in [-0.1, -0.05) is 47.6 Å². The average molecular weight is 427 g/mol. The van der Waals surface area contributed by atoms with Crippen LogP contribution in [0.25, 0.3) is 11.4 Å². The van der Waals surface area contributed by atoms with E-state index in [-0.39, 0.29) is 11.9 Å². The van der Waals surface area contributed by atoms with Crippen LogP contribution < -0.4 is 5.32 Å². The average Bonchev–Trinajstić information content (AvgIpc) is 3.21. The SMILES string of the molecule is O=C(Nc1ccccc1Br)N1CCC(c2nc(-c3ccccc3)no2)CC1. The Morgan fingerprint density at radius 3 is 2.52 bits per heavy atom. The molecular weight excluding hydrogens is 408 g/mol. The lowest BCUT2D eigenvalue weighted by atomic mass is 9.97. The minimum Gasteiger partial charge on any atom is -0.339 e. The number of para-hydroxylation sites is 1. The highest BCUT2D eigenvalue weighted by Gasteiger charge is 2.27. The van der Waals surface area contributed by atoms with E-state index in [2.05, 4.69) is 31.4 Å². The van der Waals surface area contributed by atoms with E-state index in [9.17, 15) is 4.79 Å². The highest BCUT2D eigenvalue weighted by molar-refractivity contribution is 9.10. The van der Waals surface area contributed by atoms with Crippen molar-refractivity contribution in [1.82, 2.24) is 15.0 Å². The molecule has 1 aliphatic heterocycles. The Balaban J connectivity index is 1.36. The van der Waals surface area contributed by atoms with E-state index in [1.807, 2.05) is 59.5 Å². The van der Waals surface area contributed by atoms with E-state index in [1.54, 1.807) is 0 Å². The van der Waals surface area contributed by atoms with Gasteiger partial charge in [-0.05, 0) is 40.9 Å². The first-order valence-electron chi connectivity index (χ1n) is 8.90. The molecular formula is C20H19BrN4O2. The first-order valence-corrected chi connectivity index (χ1v) is 9.69. The van der Waals surface area contributed by atoms with Gasteiger partial charge in [-0.25, -0.2) is 4.79 Å². The zero-order valence-electron chi connectivity index (χ0n) is 14.6. The fourth-order valence-electron chi connectivity index (χ4n) is 3.19. The molecule has 1 fully saturated rings. The summed E-state index contributed by atoms with van der Waals surface area (Å²) in [6, 6.07) is 17.3. The number of amides is 2. The maximum absolute atomic E-state index is 12.5. The highest BCUT2D eigenvalue weighted by atomic mass is 79.9. The largest absolute Gasteiger partial charge is 0.339 e. The number of anilines is 1. The maximum Gasteiger partial charge on any atom is 0.321 e. The smallest absolute Gasteiger partial charge is 0.321 e. The summed E-state index contributed by atoms with van der Waals surface area (Å²) < 4.78 is 6.35. The van der Waals surface area contributed by atoms with Gasteiger partial charge in [0.15, 0.2) is 0 Å². The number of hydrogen-bond acceptors (Lipinski definition) is 4. The van der Waals surface area contributed by atoms with Crippen molar-refractivity contribution in [3.63, 3.8) is 0 Å². The quantitative estimate of drug-likeness (QED) is 0.645. The predicted octanol–water partition coefficient (Wildman–Crippen LogP) is 4.91. The van der Waals surface area contributed by atoms with Gasteiger partial charge >= 0.3 is 6.03 Å². The molecule has 1 N–H and O–H groups in total. The van der Waals surface area contributed by atoms with Crippen LogP contribution in [0.3, 0.4) is 0 Å². The van der Waals surface area contributed by atoms with E-state index in [0.717, 1.165) is 28.6 Å². The van der Waals surface area contributed by atoms with Gasteiger partial charge in [0, 0.05) is 29.0 Å². The minimum atomic E-state index is -0.0872. The van der Waals surface area contributed by atoms with E-state index in [4.69, 9.17) is 4.52 Å². The Kier molecular flexibility index (Phi) is 5.20. The summed E-state index contributed by atoms with van der Waals surface area (Å²) in [5.74, 6) is 1.45. The molecule has 0 atom stereocenters. The van der Waals surface area contributed by atoms with Crippen molar-refractivity contribution in [2.24, 2.45) is 0 Å². The van der Waals surface area contributed by atoms with Crippen LogP contribution in [0.15, 0.2) is 63.6 Å². The van der Waals surface area contributed by atoms with Crippen LogP contribution in [0.2, 0.25) is 0 Å². The molecule has 27 heavy (non-hydrogen) atoms. The lowest BCUT2D eigenvalue weighted by Gasteiger charge is -2.30. The third-order valence-corrected chi connectivity index (χ3v) is 5.41. The molecule has 7 heteroatoms. The normalized spacial score (nSPS) is 14.9. The molecule has 0 saturated carbocycles. The minimum absolute atomic E-state index is 0.0872. The van der Waals surface area contributed by atoms with Crippen LogP contribution in [0.1, 0.15) is 24.7 Å². The second-order valence-electron chi connectivity index (χ2n) is 6.49. The van der Waals surface area contributed by atoms with Crippen LogP contribution in [0.5, 0.6) is 0 Å². The summed E-state index contributed by atoms with van der Waals surface area (Å²) in [6.45, 7) is 1.31. The van der Waals surface area contributed by atoms with Crippen LogP contribution in [0.4, 0.5) is 10.5 Å². The molecule has 6 nitrogen and oxygen atoms in total. The zero-order chi connectivity index (χ0) is 18.6. The summed E-state index contributed by atoms with van der Waals surface area (Å²) in [5.41, 5.74) is 1.71. The number of nitrogens with zero attached hydrogens (tertiary/aromatic N) is 3. The molecule has 0 bridgehead atoms. The van der Waals surface area contributed by atoms with Crippen molar-refractivity contribution in [2.45, 2.75) is 18.8 Å². The number of carbonyl (C=O) groups is 1.